The van der Waals surface area contributed by atoms with Gasteiger partial charge in [0, 0.05) is 11.6 Å². The van der Waals surface area contributed by atoms with Gasteiger partial charge in [0.15, 0.2) is 0 Å². The Morgan fingerprint density at radius 2 is 2.11 bits per heavy atom. The number of rotatable bonds is 7. The van der Waals surface area contributed by atoms with Gasteiger partial charge < -0.3 is 10.2 Å². The Labute approximate surface area is 120 Å². The smallest absolute Gasteiger partial charge is 0.0362 e. The van der Waals surface area contributed by atoms with Gasteiger partial charge in [-0.05, 0) is 52.2 Å². The highest BCUT2D eigenvalue weighted by Crippen LogP contribution is 2.39. The van der Waals surface area contributed by atoms with Crippen molar-refractivity contribution in [3.63, 3.8) is 0 Å². The van der Waals surface area contributed by atoms with Crippen LogP contribution in [0, 0.1) is 5.92 Å². The zero-order chi connectivity index (χ0) is 14.5. The van der Waals surface area contributed by atoms with Crippen LogP contribution < -0.4 is 5.32 Å². The molecule has 19 heavy (non-hydrogen) atoms. The van der Waals surface area contributed by atoms with Crippen molar-refractivity contribution in [2.45, 2.75) is 70.9 Å². The van der Waals surface area contributed by atoms with Gasteiger partial charge in [-0.1, -0.05) is 45.8 Å². The van der Waals surface area contributed by atoms with Crippen LogP contribution in [0.1, 0.15) is 59.3 Å². The molecular formula is C17H34N2. The number of hydrogen-bond acceptors (Lipinski definition) is 2. The molecule has 1 N–H and O–H groups in total. The summed E-state index contributed by atoms with van der Waals surface area (Å²) < 4.78 is 0. The molecule has 0 heterocycles. The highest BCUT2D eigenvalue weighted by molar-refractivity contribution is 5.08. The number of nitrogens with one attached hydrogen (secondary N) is 1. The van der Waals surface area contributed by atoms with E-state index in [2.05, 4.69) is 51.7 Å². The fourth-order valence-corrected chi connectivity index (χ4v) is 3.73. The van der Waals surface area contributed by atoms with Crippen molar-refractivity contribution < 1.29 is 0 Å². The zero-order valence-electron chi connectivity index (χ0n) is 13.8. The van der Waals surface area contributed by atoms with Crippen LogP contribution in [0.2, 0.25) is 0 Å². The van der Waals surface area contributed by atoms with Gasteiger partial charge in [0.2, 0.25) is 0 Å². The normalized spacial score (nSPS) is 29.5. The van der Waals surface area contributed by atoms with Gasteiger partial charge >= 0.3 is 0 Å². The first-order chi connectivity index (χ1) is 8.96. The molecule has 1 saturated carbocycles. The molecule has 112 valence electrons. The molecule has 2 nitrogen and oxygen atoms in total. The summed E-state index contributed by atoms with van der Waals surface area (Å²) >= 11 is 0. The fraction of sp³-hybridized carbons (Fsp3) is 0.882. The molecule has 0 spiro atoms. The van der Waals surface area contributed by atoms with Crippen molar-refractivity contribution in [2.24, 2.45) is 5.92 Å². The third-order valence-corrected chi connectivity index (χ3v) is 4.99. The third-order valence-electron chi connectivity index (χ3n) is 4.99. The predicted molar refractivity (Wildman–Crippen MR) is 85.6 cm³/mol. The second kappa shape index (κ2) is 7.44. The van der Waals surface area contributed by atoms with Crippen molar-refractivity contribution in [1.82, 2.24) is 10.2 Å². The van der Waals surface area contributed by atoms with E-state index in [1.807, 2.05) is 0 Å². The largest absolute Gasteiger partial charge is 0.312 e. The summed E-state index contributed by atoms with van der Waals surface area (Å²) in [6.07, 6.45) is 7.60. The maximum atomic E-state index is 4.24. The predicted octanol–water partition coefficient (Wildman–Crippen LogP) is 3.83. The molecule has 0 amide bonds. The van der Waals surface area contributed by atoms with Crippen molar-refractivity contribution in [3.05, 3.63) is 12.2 Å². The first-order valence-corrected chi connectivity index (χ1v) is 8.03. The minimum atomic E-state index is 0.311. The molecule has 3 unspecified atom stereocenters. The van der Waals surface area contributed by atoms with Crippen LogP contribution in [0.4, 0.5) is 0 Å². The van der Waals surface area contributed by atoms with E-state index in [-0.39, 0.29) is 0 Å². The molecular weight excluding hydrogens is 232 g/mol. The summed E-state index contributed by atoms with van der Waals surface area (Å²) in [6, 6.07) is 0.544. The van der Waals surface area contributed by atoms with Crippen molar-refractivity contribution in [3.8, 4) is 0 Å². The molecule has 0 aromatic heterocycles. The number of hydrogen-bond donors (Lipinski definition) is 1. The number of nitrogens with zero attached hydrogens (tertiary/aromatic N) is 1. The van der Waals surface area contributed by atoms with Gasteiger partial charge in [-0.25, -0.2) is 0 Å². The van der Waals surface area contributed by atoms with Crippen LogP contribution in [0.5, 0.6) is 0 Å². The van der Waals surface area contributed by atoms with E-state index < -0.39 is 0 Å². The Morgan fingerprint density at radius 1 is 1.42 bits per heavy atom. The Balaban J connectivity index is 2.93. The molecule has 1 aliphatic rings. The lowest BCUT2D eigenvalue weighted by atomic mass is 9.70. The summed E-state index contributed by atoms with van der Waals surface area (Å²) in [5.74, 6) is 0.840. The van der Waals surface area contributed by atoms with Gasteiger partial charge in [0.1, 0.15) is 0 Å². The average molecular weight is 266 g/mol. The SMILES string of the molecule is C=C(CC)CC(NCC)C1(N(C)C)CCCC(C)C1. The third kappa shape index (κ3) is 4.06. The van der Waals surface area contributed by atoms with Gasteiger partial charge in [-0.15, -0.1) is 0 Å². The minimum absolute atomic E-state index is 0.311. The maximum Gasteiger partial charge on any atom is 0.0362 e. The summed E-state index contributed by atoms with van der Waals surface area (Å²) in [6.45, 7) is 12.1. The van der Waals surface area contributed by atoms with E-state index in [9.17, 15) is 0 Å². The van der Waals surface area contributed by atoms with Crippen LogP contribution in [-0.2, 0) is 0 Å². The van der Waals surface area contributed by atoms with Gasteiger partial charge in [0.05, 0.1) is 0 Å². The first-order valence-electron chi connectivity index (χ1n) is 8.03. The van der Waals surface area contributed by atoms with Crippen LogP contribution in [0.25, 0.3) is 0 Å². The first kappa shape index (κ1) is 16.7. The Bertz CT molecular complexity index is 285. The van der Waals surface area contributed by atoms with Gasteiger partial charge in [0.25, 0.3) is 0 Å². The van der Waals surface area contributed by atoms with E-state index in [1.165, 1.54) is 31.3 Å². The lowest BCUT2D eigenvalue weighted by Gasteiger charge is -2.50. The molecule has 1 rings (SSSR count). The Hall–Kier alpha value is -0.340. The summed E-state index contributed by atoms with van der Waals surface area (Å²) in [4.78, 5) is 2.49. The molecule has 0 aromatic carbocycles. The van der Waals surface area contributed by atoms with Crippen LogP contribution in [0.15, 0.2) is 12.2 Å². The lowest BCUT2D eigenvalue weighted by molar-refractivity contribution is 0.0377. The second-order valence-electron chi connectivity index (χ2n) is 6.62. The summed E-state index contributed by atoms with van der Waals surface area (Å²) in [5.41, 5.74) is 1.69. The van der Waals surface area contributed by atoms with E-state index >= 15 is 0 Å². The van der Waals surface area contributed by atoms with Crippen molar-refractivity contribution >= 4 is 0 Å². The van der Waals surface area contributed by atoms with E-state index in [4.69, 9.17) is 0 Å². The van der Waals surface area contributed by atoms with Crippen molar-refractivity contribution in [1.29, 1.82) is 0 Å². The van der Waals surface area contributed by atoms with Gasteiger partial charge in [-0.2, -0.15) is 0 Å². The Kier molecular flexibility index (Phi) is 6.55. The average Bonchev–Trinajstić information content (AvgIpc) is 2.37. The fourth-order valence-electron chi connectivity index (χ4n) is 3.73. The monoisotopic (exact) mass is 266 g/mol. The topological polar surface area (TPSA) is 15.3 Å². The molecule has 0 aliphatic heterocycles. The van der Waals surface area contributed by atoms with E-state index in [0.717, 1.165) is 25.3 Å². The van der Waals surface area contributed by atoms with Crippen LogP contribution in [-0.4, -0.2) is 37.1 Å². The van der Waals surface area contributed by atoms with Crippen LogP contribution >= 0.6 is 0 Å². The molecule has 1 fully saturated rings. The quantitative estimate of drug-likeness (QED) is 0.705. The van der Waals surface area contributed by atoms with E-state index in [0.29, 0.717) is 11.6 Å². The standard InChI is InChI=1S/C17H34N2/c1-7-14(3)12-16(18-8-2)17(19(5)6)11-9-10-15(4)13-17/h15-16,18H,3,7-13H2,1-2,4-6H3. The lowest BCUT2D eigenvalue weighted by Crippen LogP contribution is -2.61. The zero-order valence-corrected chi connectivity index (χ0v) is 13.8. The summed E-state index contributed by atoms with van der Waals surface area (Å²) in [7, 11) is 4.52. The molecule has 1 aliphatic carbocycles. The summed E-state index contributed by atoms with van der Waals surface area (Å²) in [5, 5.41) is 3.76. The van der Waals surface area contributed by atoms with Crippen molar-refractivity contribution in [2.75, 3.05) is 20.6 Å². The maximum absolute atomic E-state index is 4.24. The van der Waals surface area contributed by atoms with Crippen LogP contribution in [0.3, 0.4) is 0 Å². The molecule has 3 atom stereocenters. The Morgan fingerprint density at radius 3 is 2.58 bits per heavy atom. The van der Waals surface area contributed by atoms with E-state index in [1.54, 1.807) is 0 Å². The highest BCUT2D eigenvalue weighted by Gasteiger charge is 2.43. The molecule has 0 aromatic rings. The molecule has 0 radical (unpaired) electrons. The number of likely N-dealkylation sites (N-methyl/N-ethyl adjacent to an activating group) is 2. The second-order valence-corrected chi connectivity index (χ2v) is 6.62. The molecule has 0 saturated heterocycles. The molecule has 2 heteroatoms. The minimum Gasteiger partial charge on any atom is -0.312 e. The highest BCUT2D eigenvalue weighted by atomic mass is 15.2. The van der Waals surface area contributed by atoms with Gasteiger partial charge in [-0.3, -0.25) is 0 Å². The molecule has 0 bridgehead atoms.